The number of primary sulfonamides is 1. The Kier molecular flexibility index (Phi) is 5.94. The van der Waals surface area contributed by atoms with Gasteiger partial charge >= 0.3 is 0 Å². The lowest BCUT2D eigenvalue weighted by molar-refractivity contribution is -0.123. The molecule has 1 aliphatic carbocycles. The summed E-state index contributed by atoms with van der Waals surface area (Å²) in [4.78, 5) is 12.6. The fraction of sp³-hybridized carbons (Fsp3) is 0.350. The highest BCUT2D eigenvalue weighted by Crippen LogP contribution is 2.29. The summed E-state index contributed by atoms with van der Waals surface area (Å²) in [5, 5.41) is 11.4. The number of amides is 1. The van der Waals surface area contributed by atoms with Crippen LogP contribution in [0.2, 0.25) is 0 Å². The molecule has 0 fully saturated rings. The highest BCUT2D eigenvalue weighted by Gasteiger charge is 2.23. The van der Waals surface area contributed by atoms with E-state index in [1.807, 2.05) is 19.1 Å². The van der Waals surface area contributed by atoms with Crippen LogP contribution in [-0.4, -0.2) is 20.4 Å². The number of carbonyl (C=O) groups is 1. The van der Waals surface area contributed by atoms with Crippen molar-refractivity contribution in [2.45, 2.75) is 49.7 Å². The summed E-state index contributed by atoms with van der Waals surface area (Å²) < 4.78 is 22.6. The van der Waals surface area contributed by atoms with Gasteiger partial charge in [0, 0.05) is 6.54 Å². The van der Waals surface area contributed by atoms with Crippen molar-refractivity contribution in [1.82, 2.24) is 10.6 Å². The van der Waals surface area contributed by atoms with Crippen molar-refractivity contribution in [3.63, 3.8) is 0 Å². The molecule has 4 N–H and O–H groups in total. The van der Waals surface area contributed by atoms with Gasteiger partial charge in [-0.05, 0) is 55.0 Å². The standard InChI is InChI=1S/C20H25N3O3S/c1-14(22-13-15-9-11-17(12-10-15)27(21,25)26)20(24)23-19-8-4-6-16-5-2-3-7-18(16)19/h2-3,5,7,9-12,14,19,22H,4,6,8,13H2,1H3,(H,23,24)(H2,21,25,26)/t14-,19-/m1/s1. The van der Waals surface area contributed by atoms with Crippen LogP contribution in [0.1, 0.15) is 42.5 Å². The van der Waals surface area contributed by atoms with Crippen molar-refractivity contribution in [3.8, 4) is 0 Å². The smallest absolute Gasteiger partial charge is 0.238 e. The summed E-state index contributed by atoms with van der Waals surface area (Å²) in [6.07, 6.45) is 3.08. The topological polar surface area (TPSA) is 101 Å². The highest BCUT2D eigenvalue weighted by atomic mass is 32.2. The van der Waals surface area contributed by atoms with E-state index in [0.717, 1.165) is 24.8 Å². The lowest BCUT2D eigenvalue weighted by atomic mass is 9.87. The molecule has 0 bridgehead atoms. The van der Waals surface area contributed by atoms with E-state index in [4.69, 9.17) is 5.14 Å². The van der Waals surface area contributed by atoms with Gasteiger partial charge in [-0.2, -0.15) is 0 Å². The third-order valence-electron chi connectivity index (χ3n) is 4.94. The van der Waals surface area contributed by atoms with Gasteiger partial charge in [-0.3, -0.25) is 4.79 Å². The zero-order valence-corrected chi connectivity index (χ0v) is 16.1. The fourth-order valence-corrected chi connectivity index (χ4v) is 3.88. The molecule has 2 aromatic carbocycles. The second kappa shape index (κ2) is 8.21. The van der Waals surface area contributed by atoms with Crippen LogP contribution in [0.5, 0.6) is 0 Å². The Morgan fingerprint density at radius 2 is 1.89 bits per heavy atom. The van der Waals surface area contributed by atoms with E-state index in [2.05, 4.69) is 22.8 Å². The second-order valence-electron chi connectivity index (χ2n) is 6.94. The van der Waals surface area contributed by atoms with Gasteiger partial charge < -0.3 is 10.6 Å². The lowest BCUT2D eigenvalue weighted by Gasteiger charge is -2.27. The molecule has 7 heteroatoms. The predicted molar refractivity (Wildman–Crippen MR) is 104 cm³/mol. The van der Waals surface area contributed by atoms with Crippen LogP contribution in [0.15, 0.2) is 53.4 Å². The van der Waals surface area contributed by atoms with E-state index in [-0.39, 0.29) is 22.9 Å². The van der Waals surface area contributed by atoms with Gasteiger partial charge in [0.25, 0.3) is 0 Å². The maximum Gasteiger partial charge on any atom is 0.238 e. The molecule has 6 nitrogen and oxygen atoms in total. The molecule has 0 aliphatic heterocycles. The number of hydrogen-bond acceptors (Lipinski definition) is 4. The zero-order valence-electron chi connectivity index (χ0n) is 15.3. The maximum atomic E-state index is 12.6. The monoisotopic (exact) mass is 387 g/mol. The van der Waals surface area contributed by atoms with E-state index in [1.54, 1.807) is 12.1 Å². The van der Waals surface area contributed by atoms with Crippen molar-refractivity contribution < 1.29 is 13.2 Å². The minimum atomic E-state index is -3.69. The van der Waals surface area contributed by atoms with Crippen molar-refractivity contribution in [2.75, 3.05) is 0 Å². The van der Waals surface area contributed by atoms with Gasteiger partial charge in [-0.1, -0.05) is 36.4 Å². The molecule has 0 saturated heterocycles. The van der Waals surface area contributed by atoms with Crippen molar-refractivity contribution in [1.29, 1.82) is 0 Å². The average molecular weight is 388 g/mol. The van der Waals surface area contributed by atoms with E-state index in [0.29, 0.717) is 6.54 Å². The number of carbonyl (C=O) groups excluding carboxylic acids is 1. The van der Waals surface area contributed by atoms with Crippen molar-refractivity contribution in [2.24, 2.45) is 5.14 Å². The number of benzene rings is 2. The Morgan fingerprint density at radius 3 is 2.59 bits per heavy atom. The van der Waals surface area contributed by atoms with Crippen molar-refractivity contribution >= 4 is 15.9 Å². The number of sulfonamides is 1. The summed E-state index contributed by atoms with van der Waals surface area (Å²) in [6, 6.07) is 14.3. The van der Waals surface area contributed by atoms with E-state index >= 15 is 0 Å². The van der Waals surface area contributed by atoms with Crippen molar-refractivity contribution in [3.05, 3.63) is 65.2 Å². The number of rotatable bonds is 6. The lowest BCUT2D eigenvalue weighted by Crippen LogP contribution is -2.43. The van der Waals surface area contributed by atoms with E-state index in [9.17, 15) is 13.2 Å². The fourth-order valence-electron chi connectivity index (χ4n) is 3.36. The van der Waals surface area contributed by atoms with Gasteiger partial charge in [-0.15, -0.1) is 0 Å². The maximum absolute atomic E-state index is 12.6. The minimum Gasteiger partial charge on any atom is -0.348 e. The molecular formula is C20H25N3O3S. The number of hydrogen-bond donors (Lipinski definition) is 3. The third kappa shape index (κ3) is 4.94. The molecule has 2 aromatic rings. The molecule has 3 rings (SSSR count). The summed E-state index contributed by atoms with van der Waals surface area (Å²) in [5.74, 6) is -0.0436. The molecule has 0 saturated carbocycles. The average Bonchev–Trinajstić information content (AvgIpc) is 2.66. The number of aryl methyl sites for hydroxylation is 1. The van der Waals surface area contributed by atoms with E-state index in [1.165, 1.54) is 23.3 Å². The molecular weight excluding hydrogens is 362 g/mol. The van der Waals surface area contributed by atoms with Gasteiger partial charge in [0.1, 0.15) is 0 Å². The molecule has 1 amide bonds. The summed E-state index contributed by atoms with van der Waals surface area (Å²) in [6.45, 7) is 2.28. The van der Waals surface area contributed by atoms with Gasteiger partial charge in [0.15, 0.2) is 0 Å². The molecule has 1 aliphatic rings. The Hall–Kier alpha value is -2.22. The Morgan fingerprint density at radius 1 is 1.19 bits per heavy atom. The molecule has 0 heterocycles. The molecule has 0 radical (unpaired) electrons. The minimum absolute atomic E-state index is 0.0436. The molecule has 27 heavy (non-hydrogen) atoms. The largest absolute Gasteiger partial charge is 0.348 e. The van der Waals surface area contributed by atoms with Crippen LogP contribution < -0.4 is 15.8 Å². The van der Waals surface area contributed by atoms with Crippen LogP contribution in [0.25, 0.3) is 0 Å². The molecule has 0 aromatic heterocycles. The van der Waals surface area contributed by atoms with Crippen LogP contribution in [0, 0.1) is 0 Å². The second-order valence-corrected chi connectivity index (χ2v) is 8.51. The first kappa shape index (κ1) is 19.5. The van der Waals surface area contributed by atoms with Gasteiger partial charge in [-0.25, -0.2) is 13.6 Å². The Balaban J connectivity index is 1.56. The van der Waals surface area contributed by atoms with Gasteiger partial charge in [0.2, 0.25) is 15.9 Å². The molecule has 0 spiro atoms. The Labute approximate surface area is 160 Å². The molecule has 0 unspecified atom stereocenters. The van der Waals surface area contributed by atoms with E-state index < -0.39 is 10.0 Å². The van der Waals surface area contributed by atoms with Gasteiger partial charge in [0.05, 0.1) is 17.0 Å². The third-order valence-corrected chi connectivity index (χ3v) is 5.87. The zero-order chi connectivity index (χ0) is 19.4. The number of nitrogens with two attached hydrogens (primary N) is 1. The van der Waals surface area contributed by atoms with Crippen LogP contribution in [0.3, 0.4) is 0 Å². The number of nitrogens with one attached hydrogen (secondary N) is 2. The summed E-state index contributed by atoms with van der Waals surface area (Å²) in [7, 11) is -3.69. The quantitative estimate of drug-likeness (QED) is 0.706. The Bertz CT molecular complexity index is 910. The molecule has 2 atom stereocenters. The van der Waals surface area contributed by atoms with Crippen LogP contribution >= 0.6 is 0 Å². The van der Waals surface area contributed by atoms with Crippen LogP contribution in [0.4, 0.5) is 0 Å². The summed E-state index contributed by atoms with van der Waals surface area (Å²) >= 11 is 0. The first-order chi connectivity index (χ1) is 12.8. The van der Waals surface area contributed by atoms with Crippen LogP contribution in [-0.2, 0) is 27.8 Å². The summed E-state index contributed by atoms with van der Waals surface area (Å²) in [5.41, 5.74) is 3.40. The normalized spacial score (nSPS) is 17.8. The first-order valence-electron chi connectivity index (χ1n) is 9.08. The highest BCUT2D eigenvalue weighted by molar-refractivity contribution is 7.89. The predicted octanol–water partition coefficient (Wildman–Crippen LogP) is 2.01. The number of fused-ring (bicyclic) bond motifs is 1. The SMILES string of the molecule is C[C@@H](NCc1ccc(S(N)(=O)=O)cc1)C(=O)N[C@@H]1CCCc2ccccc21. The molecule has 144 valence electrons. The first-order valence-corrected chi connectivity index (χ1v) is 10.6.